The van der Waals surface area contributed by atoms with Gasteiger partial charge < -0.3 is 5.32 Å². The van der Waals surface area contributed by atoms with Crippen LogP contribution in [-0.2, 0) is 11.2 Å². The van der Waals surface area contributed by atoms with E-state index in [1.54, 1.807) is 23.5 Å². The molecule has 1 amide bonds. The van der Waals surface area contributed by atoms with Crippen molar-refractivity contribution in [2.45, 2.75) is 6.42 Å². The molecule has 18 heavy (non-hydrogen) atoms. The number of nitrogens with one attached hydrogen (secondary N) is 1. The molecule has 0 unspecified atom stereocenters. The molecule has 90 valence electrons. The summed E-state index contributed by atoms with van der Waals surface area (Å²) < 4.78 is 0. The smallest absolute Gasteiger partial charge is 0.228 e. The first kappa shape index (κ1) is 12.6. The molecule has 2 rings (SSSR count). The molecule has 0 radical (unpaired) electrons. The number of carbonyl (C=O) groups is 1. The van der Waals surface area contributed by atoms with E-state index >= 15 is 0 Å². The van der Waals surface area contributed by atoms with E-state index < -0.39 is 0 Å². The summed E-state index contributed by atoms with van der Waals surface area (Å²) in [4.78, 5) is 11.8. The van der Waals surface area contributed by atoms with Crippen molar-refractivity contribution in [3.63, 3.8) is 0 Å². The average Bonchev–Trinajstić information content (AvgIpc) is 2.84. The van der Waals surface area contributed by atoms with E-state index in [1.807, 2.05) is 22.9 Å². The predicted molar refractivity (Wildman–Crippen MR) is 72.8 cm³/mol. The van der Waals surface area contributed by atoms with Gasteiger partial charge in [0.1, 0.15) is 0 Å². The molecule has 1 heterocycles. The monoisotopic (exact) mass is 276 g/mol. The molecule has 0 saturated carbocycles. The van der Waals surface area contributed by atoms with Crippen LogP contribution in [0.3, 0.4) is 0 Å². The highest BCUT2D eigenvalue weighted by Crippen LogP contribution is 2.23. The highest BCUT2D eigenvalue weighted by Gasteiger charge is 2.07. The van der Waals surface area contributed by atoms with E-state index in [0.717, 1.165) is 5.56 Å². The molecule has 0 spiro atoms. The number of halogens is 1. The largest absolute Gasteiger partial charge is 0.324 e. The first-order valence-corrected chi connectivity index (χ1v) is 6.51. The zero-order chi connectivity index (χ0) is 13.0. The number of nitriles is 1. The molecule has 1 aromatic carbocycles. The Hall–Kier alpha value is -1.83. The van der Waals surface area contributed by atoms with Gasteiger partial charge in [0.05, 0.1) is 28.8 Å². The second kappa shape index (κ2) is 5.67. The molecule has 0 aliphatic rings. The Kier molecular flexibility index (Phi) is 3.98. The van der Waals surface area contributed by atoms with Gasteiger partial charge in [0, 0.05) is 0 Å². The van der Waals surface area contributed by atoms with Crippen molar-refractivity contribution in [3.8, 4) is 6.07 Å². The van der Waals surface area contributed by atoms with Crippen LogP contribution in [0.25, 0.3) is 0 Å². The zero-order valence-corrected chi connectivity index (χ0v) is 10.9. The standard InChI is InChI=1S/C13H9ClN2OS/c14-11-5-9(7-15)1-2-12(11)16-13(17)6-10-3-4-18-8-10/h1-5,8H,6H2,(H,16,17). The van der Waals surface area contributed by atoms with Crippen molar-refractivity contribution in [2.24, 2.45) is 0 Å². The van der Waals surface area contributed by atoms with E-state index in [1.165, 1.54) is 6.07 Å². The molecule has 3 nitrogen and oxygen atoms in total. The lowest BCUT2D eigenvalue weighted by molar-refractivity contribution is -0.115. The van der Waals surface area contributed by atoms with Gasteiger partial charge in [0.2, 0.25) is 5.91 Å². The first-order chi connectivity index (χ1) is 8.69. The zero-order valence-electron chi connectivity index (χ0n) is 9.31. The Morgan fingerprint density at radius 3 is 2.89 bits per heavy atom. The first-order valence-electron chi connectivity index (χ1n) is 5.19. The maximum Gasteiger partial charge on any atom is 0.228 e. The maximum absolute atomic E-state index is 11.8. The lowest BCUT2D eigenvalue weighted by Gasteiger charge is -2.06. The minimum Gasteiger partial charge on any atom is -0.324 e. The quantitative estimate of drug-likeness (QED) is 0.933. The number of amides is 1. The second-order valence-corrected chi connectivity index (χ2v) is 4.85. The fourth-order valence-electron chi connectivity index (χ4n) is 1.46. The minimum atomic E-state index is -0.125. The van der Waals surface area contributed by atoms with E-state index in [2.05, 4.69) is 5.32 Å². The Bertz CT molecular complexity index is 602. The Morgan fingerprint density at radius 2 is 2.28 bits per heavy atom. The van der Waals surface area contributed by atoms with Crippen molar-refractivity contribution in [2.75, 3.05) is 5.32 Å². The summed E-state index contributed by atoms with van der Waals surface area (Å²) in [7, 11) is 0. The van der Waals surface area contributed by atoms with Crippen LogP contribution in [0.15, 0.2) is 35.0 Å². The second-order valence-electron chi connectivity index (χ2n) is 3.66. The highest BCUT2D eigenvalue weighted by molar-refractivity contribution is 7.08. The molecule has 5 heteroatoms. The van der Waals surface area contributed by atoms with Gasteiger partial charge in [0.25, 0.3) is 0 Å². The topological polar surface area (TPSA) is 52.9 Å². The van der Waals surface area contributed by atoms with Gasteiger partial charge in [-0.15, -0.1) is 0 Å². The molecule has 0 aliphatic heterocycles. The van der Waals surface area contributed by atoms with Gasteiger partial charge in [0.15, 0.2) is 0 Å². The average molecular weight is 277 g/mol. The molecule has 0 fully saturated rings. The number of nitrogens with zero attached hydrogens (tertiary/aromatic N) is 1. The third-order valence-corrected chi connectivity index (χ3v) is 3.36. The van der Waals surface area contributed by atoms with Crippen LogP contribution < -0.4 is 5.32 Å². The molecule has 0 aliphatic carbocycles. The third-order valence-electron chi connectivity index (χ3n) is 2.32. The van der Waals surface area contributed by atoms with Crippen LogP contribution in [0.2, 0.25) is 5.02 Å². The van der Waals surface area contributed by atoms with E-state index in [4.69, 9.17) is 16.9 Å². The van der Waals surface area contributed by atoms with Gasteiger partial charge in [-0.2, -0.15) is 16.6 Å². The summed E-state index contributed by atoms with van der Waals surface area (Å²) in [5.74, 6) is -0.125. The molecule has 2 aromatic rings. The lowest BCUT2D eigenvalue weighted by Crippen LogP contribution is -2.14. The number of hydrogen-bond donors (Lipinski definition) is 1. The lowest BCUT2D eigenvalue weighted by atomic mass is 10.2. The van der Waals surface area contributed by atoms with Crippen molar-refractivity contribution >= 4 is 34.5 Å². The van der Waals surface area contributed by atoms with Gasteiger partial charge in [-0.05, 0) is 40.6 Å². The van der Waals surface area contributed by atoms with Gasteiger partial charge in [-0.1, -0.05) is 11.6 Å². The Balaban J connectivity index is 2.05. The van der Waals surface area contributed by atoms with Crippen LogP contribution in [0.5, 0.6) is 0 Å². The number of hydrogen-bond acceptors (Lipinski definition) is 3. The third kappa shape index (κ3) is 3.10. The predicted octanol–water partition coefficient (Wildman–Crippen LogP) is 3.45. The number of carbonyl (C=O) groups excluding carboxylic acids is 1. The van der Waals surface area contributed by atoms with Crippen LogP contribution in [0.4, 0.5) is 5.69 Å². The molecular formula is C13H9ClN2OS. The van der Waals surface area contributed by atoms with Crippen molar-refractivity contribution in [1.82, 2.24) is 0 Å². The fourth-order valence-corrected chi connectivity index (χ4v) is 2.36. The van der Waals surface area contributed by atoms with Gasteiger partial charge in [-0.3, -0.25) is 4.79 Å². The van der Waals surface area contributed by atoms with Crippen LogP contribution in [0.1, 0.15) is 11.1 Å². The molecule has 0 bridgehead atoms. The van der Waals surface area contributed by atoms with Crippen LogP contribution in [0, 0.1) is 11.3 Å². The molecule has 0 atom stereocenters. The molecular weight excluding hydrogens is 268 g/mol. The minimum absolute atomic E-state index is 0.125. The van der Waals surface area contributed by atoms with Crippen molar-refractivity contribution < 1.29 is 4.79 Å². The van der Waals surface area contributed by atoms with Crippen LogP contribution in [-0.4, -0.2) is 5.91 Å². The normalized spacial score (nSPS) is 9.78. The summed E-state index contributed by atoms with van der Waals surface area (Å²) in [6, 6.07) is 8.67. The Labute approximate surface area is 114 Å². The van der Waals surface area contributed by atoms with E-state index in [0.29, 0.717) is 22.7 Å². The van der Waals surface area contributed by atoms with Crippen molar-refractivity contribution in [3.05, 3.63) is 51.2 Å². The summed E-state index contributed by atoms with van der Waals surface area (Å²) >= 11 is 7.52. The van der Waals surface area contributed by atoms with Crippen molar-refractivity contribution in [1.29, 1.82) is 5.26 Å². The van der Waals surface area contributed by atoms with Crippen LogP contribution >= 0.6 is 22.9 Å². The Morgan fingerprint density at radius 1 is 1.44 bits per heavy atom. The van der Waals surface area contributed by atoms with E-state index in [-0.39, 0.29) is 5.91 Å². The number of benzene rings is 1. The molecule has 0 saturated heterocycles. The summed E-state index contributed by atoms with van der Waals surface area (Å²) in [6.45, 7) is 0. The highest BCUT2D eigenvalue weighted by atomic mass is 35.5. The number of thiophene rings is 1. The van der Waals surface area contributed by atoms with Gasteiger partial charge in [-0.25, -0.2) is 0 Å². The van der Waals surface area contributed by atoms with E-state index in [9.17, 15) is 4.79 Å². The number of anilines is 1. The maximum atomic E-state index is 11.8. The fraction of sp³-hybridized carbons (Fsp3) is 0.0769. The molecule has 1 N–H and O–H groups in total. The summed E-state index contributed by atoms with van der Waals surface area (Å²) in [5.41, 5.74) is 1.97. The number of rotatable bonds is 3. The summed E-state index contributed by atoms with van der Waals surface area (Å²) in [5, 5.41) is 15.7. The summed E-state index contributed by atoms with van der Waals surface area (Å²) in [6.07, 6.45) is 0.319. The van der Waals surface area contributed by atoms with Gasteiger partial charge >= 0.3 is 0 Å². The SMILES string of the molecule is N#Cc1ccc(NC(=O)Cc2ccsc2)c(Cl)c1. The molecule has 1 aromatic heterocycles.